The molecule has 4 rings (SSSR count). The molecule has 0 atom stereocenters. The summed E-state index contributed by atoms with van der Waals surface area (Å²) in [6.45, 7) is 2.46. The molecule has 2 aliphatic rings. The number of carboxylic acid groups (broad SMARTS) is 1. The van der Waals surface area contributed by atoms with Crippen LogP contribution in [0.25, 0.3) is 11.7 Å². The van der Waals surface area contributed by atoms with Crippen LogP contribution in [0.5, 0.6) is 0 Å². The number of thioether (sulfide) groups is 1. The zero-order valence-corrected chi connectivity index (χ0v) is 18.2. The maximum atomic E-state index is 13.3. The number of amides is 1. The maximum absolute atomic E-state index is 13.3. The molecule has 4 heterocycles. The second kappa shape index (κ2) is 9.16. The first kappa shape index (κ1) is 21.5. The summed E-state index contributed by atoms with van der Waals surface area (Å²) in [5, 5.41) is 8.83. The first-order valence-electron chi connectivity index (χ1n) is 9.77. The molecular weight excluding hydrogens is 440 g/mol. The molecule has 0 aromatic carbocycles. The number of morpholine rings is 1. The van der Waals surface area contributed by atoms with Crippen LogP contribution in [0.15, 0.2) is 34.1 Å². The van der Waals surface area contributed by atoms with Crippen molar-refractivity contribution in [1.82, 2.24) is 14.3 Å². The minimum Gasteiger partial charge on any atom is -0.481 e. The van der Waals surface area contributed by atoms with Gasteiger partial charge in [-0.2, -0.15) is 0 Å². The number of ether oxygens (including phenoxy) is 1. The Kier molecular flexibility index (Phi) is 6.35. The highest BCUT2D eigenvalue weighted by Crippen LogP contribution is 2.33. The minimum atomic E-state index is -0.925. The second-order valence-corrected chi connectivity index (χ2v) is 8.69. The second-order valence-electron chi connectivity index (χ2n) is 7.01. The summed E-state index contributed by atoms with van der Waals surface area (Å²) in [4.78, 5) is 45.3. The number of pyridine rings is 1. The number of rotatable bonds is 6. The summed E-state index contributed by atoms with van der Waals surface area (Å²) in [5.74, 6) is -0.743. The van der Waals surface area contributed by atoms with Gasteiger partial charge >= 0.3 is 5.97 Å². The highest BCUT2D eigenvalue weighted by molar-refractivity contribution is 8.26. The van der Waals surface area contributed by atoms with E-state index < -0.39 is 5.97 Å². The highest BCUT2D eigenvalue weighted by Gasteiger charge is 2.32. The third-order valence-corrected chi connectivity index (χ3v) is 6.36. The van der Waals surface area contributed by atoms with Crippen molar-refractivity contribution in [2.24, 2.45) is 0 Å². The number of anilines is 1. The zero-order valence-electron chi connectivity index (χ0n) is 16.5. The number of carbonyl (C=O) groups excluding carboxylic acids is 1. The van der Waals surface area contributed by atoms with Crippen LogP contribution in [-0.2, 0) is 14.3 Å². The van der Waals surface area contributed by atoms with E-state index in [0.29, 0.717) is 59.0 Å². The Labute approximate surface area is 187 Å². The fourth-order valence-corrected chi connectivity index (χ4v) is 4.74. The number of carboxylic acids is 1. The van der Waals surface area contributed by atoms with E-state index in [1.165, 1.54) is 9.30 Å². The number of nitrogens with zero attached hydrogens (tertiary/aromatic N) is 4. The minimum absolute atomic E-state index is 0.0484. The Morgan fingerprint density at radius 2 is 2.06 bits per heavy atom. The summed E-state index contributed by atoms with van der Waals surface area (Å²) in [6.07, 6.45) is 3.44. The first-order chi connectivity index (χ1) is 15.0. The number of aromatic nitrogens is 2. The van der Waals surface area contributed by atoms with Crippen LogP contribution in [0.1, 0.15) is 18.4 Å². The molecule has 0 bridgehead atoms. The lowest BCUT2D eigenvalue weighted by atomic mass is 10.2. The van der Waals surface area contributed by atoms with Gasteiger partial charge in [-0.15, -0.1) is 0 Å². The van der Waals surface area contributed by atoms with Gasteiger partial charge in [0, 0.05) is 32.3 Å². The molecule has 2 aromatic rings. The van der Waals surface area contributed by atoms with Crippen LogP contribution in [0.3, 0.4) is 0 Å². The Morgan fingerprint density at radius 3 is 2.81 bits per heavy atom. The van der Waals surface area contributed by atoms with Gasteiger partial charge in [-0.05, 0) is 24.6 Å². The van der Waals surface area contributed by atoms with E-state index in [0.717, 1.165) is 11.8 Å². The summed E-state index contributed by atoms with van der Waals surface area (Å²) in [7, 11) is 0. The molecule has 2 fully saturated rings. The van der Waals surface area contributed by atoms with Crippen molar-refractivity contribution in [2.45, 2.75) is 12.8 Å². The molecule has 31 heavy (non-hydrogen) atoms. The van der Waals surface area contributed by atoms with E-state index >= 15 is 0 Å². The van der Waals surface area contributed by atoms with Gasteiger partial charge < -0.3 is 14.7 Å². The predicted molar refractivity (Wildman–Crippen MR) is 121 cm³/mol. The lowest BCUT2D eigenvalue weighted by molar-refractivity contribution is -0.137. The molecule has 2 saturated heterocycles. The third-order valence-electron chi connectivity index (χ3n) is 4.98. The lowest BCUT2D eigenvalue weighted by Gasteiger charge is -2.29. The summed E-state index contributed by atoms with van der Waals surface area (Å²) < 4.78 is 7.22. The number of hydrogen-bond donors (Lipinski definition) is 1. The average molecular weight is 461 g/mol. The van der Waals surface area contributed by atoms with E-state index in [4.69, 9.17) is 27.0 Å². The van der Waals surface area contributed by atoms with Gasteiger partial charge in [0.25, 0.3) is 11.5 Å². The van der Waals surface area contributed by atoms with E-state index in [-0.39, 0.29) is 24.4 Å². The fourth-order valence-electron chi connectivity index (χ4n) is 3.45. The Balaban J connectivity index is 1.73. The number of hydrogen-bond acceptors (Lipinski definition) is 8. The summed E-state index contributed by atoms with van der Waals surface area (Å²) >= 11 is 6.42. The van der Waals surface area contributed by atoms with E-state index in [2.05, 4.69) is 0 Å². The number of carbonyl (C=O) groups is 2. The van der Waals surface area contributed by atoms with Gasteiger partial charge in [-0.3, -0.25) is 23.7 Å². The molecule has 0 saturated carbocycles. The fraction of sp³-hybridized carbons (Fsp3) is 0.350. The van der Waals surface area contributed by atoms with Crippen molar-refractivity contribution in [2.75, 3.05) is 37.7 Å². The van der Waals surface area contributed by atoms with E-state index in [9.17, 15) is 14.4 Å². The highest BCUT2D eigenvalue weighted by atomic mass is 32.2. The van der Waals surface area contributed by atoms with Gasteiger partial charge in [0.2, 0.25) is 0 Å². The van der Waals surface area contributed by atoms with Crippen LogP contribution < -0.4 is 10.5 Å². The van der Waals surface area contributed by atoms with Gasteiger partial charge in [-0.1, -0.05) is 30.0 Å². The standard InChI is InChI=1S/C20H20N4O5S2/c25-16(26)5-3-7-24-19(28)14(31-20(24)30)12-13-17(22-8-10-29-11-9-22)21-15-4-1-2-6-23(15)18(13)27/h1-2,4,6,12H,3,5,7-11H2,(H,25,26). The zero-order chi connectivity index (χ0) is 22.0. The van der Waals surface area contributed by atoms with Gasteiger partial charge in [0.05, 0.1) is 23.7 Å². The molecule has 9 nitrogen and oxygen atoms in total. The van der Waals surface area contributed by atoms with Crippen LogP contribution in [0, 0.1) is 0 Å². The normalized spacial score (nSPS) is 18.4. The molecule has 0 spiro atoms. The predicted octanol–water partition coefficient (Wildman–Crippen LogP) is 1.60. The number of fused-ring (bicyclic) bond motifs is 1. The molecule has 2 aliphatic heterocycles. The quantitative estimate of drug-likeness (QED) is 0.508. The van der Waals surface area contributed by atoms with Crippen LogP contribution >= 0.6 is 24.0 Å². The monoisotopic (exact) mass is 460 g/mol. The van der Waals surface area contributed by atoms with Gasteiger partial charge in [0.15, 0.2) is 0 Å². The topological polar surface area (TPSA) is 104 Å². The lowest BCUT2D eigenvalue weighted by Crippen LogP contribution is -2.38. The van der Waals surface area contributed by atoms with Crippen molar-refractivity contribution in [1.29, 1.82) is 0 Å². The Hall–Kier alpha value is -2.76. The molecule has 0 radical (unpaired) electrons. The third kappa shape index (κ3) is 4.48. The smallest absolute Gasteiger partial charge is 0.303 e. The maximum Gasteiger partial charge on any atom is 0.303 e. The molecule has 1 amide bonds. The van der Waals surface area contributed by atoms with Crippen molar-refractivity contribution < 1.29 is 19.4 Å². The SMILES string of the molecule is O=C(O)CCCN1C(=O)C(=Cc2c(N3CCOCC3)nc3ccccn3c2=O)SC1=S. The Bertz CT molecular complexity index is 1140. The van der Waals surface area contributed by atoms with Gasteiger partial charge in [-0.25, -0.2) is 4.98 Å². The van der Waals surface area contributed by atoms with Crippen LogP contribution in [0.4, 0.5) is 5.82 Å². The molecule has 0 unspecified atom stereocenters. The van der Waals surface area contributed by atoms with E-state index in [1.807, 2.05) is 11.0 Å². The number of aliphatic carboxylic acids is 1. The van der Waals surface area contributed by atoms with E-state index in [1.54, 1.807) is 24.4 Å². The van der Waals surface area contributed by atoms with Gasteiger partial charge in [0.1, 0.15) is 15.8 Å². The molecule has 0 aliphatic carbocycles. The molecule has 11 heteroatoms. The Morgan fingerprint density at radius 1 is 1.29 bits per heavy atom. The molecule has 1 N–H and O–H groups in total. The largest absolute Gasteiger partial charge is 0.481 e. The van der Waals surface area contributed by atoms with Crippen molar-refractivity contribution in [3.63, 3.8) is 0 Å². The summed E-state index contributed by atoms with van der Waals surface area (Å²) in [5.41, 5.74) is 0.562. The van der Waals surface area contributed by atoms with Crippen molar-refractivity contribution in [3.05, 3.63) is 45.2 Å². The van der Waals surface area contributed by atoms with Crippen molar-refractivity contribution in [3.8, 4) is 0 Å². The molecule has 162 valence electrons. The first-order valence-corrected chi connectivity index (χ1v) is 11.0. The van der Waals surface area contributed by atoms with Crippen LogP contribution in [-0.4, -0.2) is 68.4 Å². The average Bonchev–Trinajstić information content (AvgIpc) is 3.03. The summed E-state index contributed by atoms with van der Waals surface area (Å²) in [6, 6.07) is 5.32. The molecular formula is C20H20N4O5S2. The van der Waals surface area contributed by atoms with Crippen molar-refractivity contribution >= 4 is 57.7 Å². The van der Waals surface area contributed by atoms with Crippen LogP contribution in [0.2, 0.25) is 0 Å². The molecule has 2 aromatic heterocycles. The number of thiocarbonyl (C=S) groups is 1.